The largest absolute Gasteiger partial charge is 0.456 e. The number of ether oxygens (including phenoxy) is 1. The molecule has 0 saturated carbocycles. The first-order chi connectivity index (χ1) is 10.3. The van der Waals surface area contributed by atoms with Crippen LogP contribution in [0.2, 0.25) is 0 Å². The molecule has 0 fully saturated rings. The number of rotatable bonds is 5. The van der Waals surface area contributed by atoms with Gasteiger partial charge in [0.2, 0.25) is 0 Å². The maximum Gasteiger partial charge on any atom is 0.146 e. The number of hydrogen-bond donors (Lipinski definition) is 1. The summed E-state index contributed by atoms with van der Waals surface area (Å²) < 4.78 is 5.88. The van der Waals surface area contributed by atoms with Crippen LogP contribution in [0.1, 0.15) is 12.5 Å². The van der Waals surface area contributed by atoms with Gasteiger partial charge in [0.1, 0.15) is 11.5 Å². The Labute approximate surface area is 123 Å². The second-order valence-corrected chi connectivity index (χ2v) is 4.77. The fraction of sp³-hybridized carbons (Fsp3) is 0.176. The van der Waals surface area contributed by atoms with E-state index in [0.29, 0.717) is 0 Å². The molecule has 3 rings (SSSR count). The fourth-order valence-electron chi connectivity index (χ4n) is 2.13. The SMILES string of the molecule is CCNCc1cncc(Oc2ccc3cccnc3c2)c1. The highest BCUT2D eigenvalue weighted by molar-refractivity contribution is 5.79. The predicted octanol–water partition coefficient (Wildman–Crippen LogP) is 3.53. The zero-order valence-corrected chi connectivity index (χ0v) is 11.9. The zero-order valence-electron chi connectivity index (χ0n) is 11.9. The second-order valence-electron chi connectivity index (χ2n) is 4.77. The van der Waals surface area contributed by atoms with Gasteiger partial charge in [-0.1, -0.05) is 13.0 Å². The van der Waals surface area contributed by atoms with Crippen LogP contribution in [0.5, 0.6) is 11.5 Å². The molecular formula is C17H17N3O. The Bertz CT molecular complexity index is 743. The van der Waals surface area contributed by atoms with Crippen LogP contribution in [-0.4, -0.2) is 16.5 Å². The van der Waals surface area contributed by atoms with Crippen molar-refractivity contribution in [1.82, 2.24) is 15.3 Å². The van der Waals surface area contributed by atoms with E-state index in [1.807, 2.05) is 42.6 Å². The lowest BCUT2D eigenvalue weighted by atomic mass is 10.2. The number of aromatic nitrogens is 2. The number of fused-ring (bicyclic) bond motifs is 1. The molecule has 0 radical (unpaired) electrons. The molecule has 1 N–H and O–H groups in total. The third-order valence-electron chi connectivity index (χ3n) is 3.16. The van der Waals surface area contributed by atoms with Gasteiger partial charge in [0.25, 0.3) is 0 Å². The van der Waals surface area contributed by atoms with Crippen molar-refractivity contribution in [3.63, 3.8) is 0 Å². The Kier molecular flexibility index (Phi) is 4.07. The van der Waals surface area contributed by atoms with E-state index in [2.05, 4.69) is 22.2 Å². The molecule has 0 spiro atoms. The average molecular weight is 279 g/mol. The topological polar surface area (TPSA) is 47.0 Å². The summed E-state index contributed by atoms with van der Waals surface area (Å²) in [5, 5.41) is 4.38. The van der Waals surface area contributed by atoms with Crippen LogP contribution in [0.15, 0.2) is 55.0 Å². The van der Waals surface area contributed by atoms with Crippen LogP contribution in [0.4, 0.5) is 0 Å². The second kappa shape index (κ2) is 6.33. The van der Waals surface area contributed by atoms with Gasteiger partial charge in [-0.25, -0.2) is 0 Å². The maximum atomic E-state index is 5.88. The molecule has 0 saturated heterocycles. The Morgan fingerprint density at radius 2 is 2.05 bits per heavy atom. The molecule has 0 atom stereocenters. The first-order valence-electron chi connectivity index (χ1n) is 7.02. The number of nitrogens with zero attached hydrogens (tertiary/aromatic N) is 2. The minimum atomic E-state index is 0.737. The van der Waals surface area contributed by atoms with E-state index in [-0.39, 0.29) is 0 Å². The van der Waals surface area contributed by atoms with E-state index in [4.69, 9.17) is 4.74 Å². The highest BCUT2D eigenvalue weighted by Gasteiger charge is 2.02. The molecule has 0 unspecified atom stereocenters. The van der Waals surface area contributed by atoms with Gasteiger partial charge < -0.3 is 10.1 Å². The zero-order chi connectivity index (χ0) is 14.5. The smallest absolute Gasteiger partial charge is 0.146 e. The third-order valence-corrected chi connectivity index (χ3v) is 3.16. The first-order valence-corrected chi connectivity index (χ1v) is 7.02. The van der Waals surface area contributed by atoms with Crippen molar-refractivity contribution < 1.29 is 4.74 Å². The van der Waals surface area contributed by atoms with Crippen LogP contribution >= 0.6 is 0 Å². The molecule has 3 aromatic rings. The number of hydrogen-bond acceptors (Lipinski definition) is 4. The molecule has 4 nitrogen and oxygen atoms in total. The molecule has 2 aromatic heterocycles. The average Bonchev–Trinajstić information content (AvgIpc) is 2.53. The standard InChI is InChI=1S/C17H17N3O/c1-2-18-10-13-8-16(12-19-11-13)21-15-6-5-14-4-3-7-20-17(14)9-15/h3-9,11-12,18H,2,10H2,1H3. The number of nitrogens with one attached hydrogen (secondary N) is 1. The molecule has 1 aromatic carbocycles. The van der Waals surface area contributed by atoms with E-state index < -0.39 is 0 Å². The summed E-state index contributed by atoms with van der Waals surface area (Å²) >= 11 is 0. The highest BCUT2D eigenvalue weighted by atomic mass is 16.5. The van der Waals surface area contributed by atoms with Gasteiger partial charge in [-0.3, -0.25) is 9.97 Å². The van der Waals surface area contributed by atoms with Crippen LogP contribution in [-0.2, 0) is 6.54 Å². The Balaban J connectivity index is 1.81. The minimum Gasteiger partial charge on any atom is -0.456 e. The molecule has 0 bridgehead atoms. The summed E-state index contributed by atoms with van der Waals surface area (Å²) in [5.74, 6) is 1.50. The normalized spacial score (nSPS) is 10.7. The van der Waals surface area contributed by atoms with E-state index in [1.165, 1.54) is 0 Å². The number of benzene rings is 1. The monoisotopic (exact) mass is 279 g/mol. The molecule has 2 heterocycles. The fourth-order valence-corrected chi connectivity index (χ4v) is 2.13. The van der Waals surface area contributed by atoms with Gasteiger partial charge in [-0.05, 0) is 36.4 Å². The Hall–Kier alpha value is -2.46. The van der Waals surface area contributed by atoms with Crippen molar-refractivity contribution in [2.45, 2.75) is 13.5 Å². The minimum absolute atomic E-state index is 0.737. The van der Waals surface area contributed by atoms with Gasteiger partial charge >= 0.3 is 0 Å². The van der Waals surface area contributed by atoms with Crippen molar-refractivity contribution in [2.24, 2.45) is 0 Å². The molecule has 0 aliphatic rings. The maximum absolute atomic E-state index is 5.88. The van der Waals surface area contributed by atoms with E-state index in [1.54, 1.807) is 12.4 Å². The molecule has 0 aliphatic heterocycles. The van der Waals surface area contributed by atoms with Gasteiger partial charge in [0, 0.05) is 30.4 Å². The predicted molar refractivity (Wildman–Crippen MR) is 83.4 cm³/mol. The molecule has 0 aliphatic carbocycles. The highest BCUT2D eigenvalue weighted by Crippen LogP contribution is 2.24. The van der Waals surface area contributed by atoms with Crippen molar-refractivity contribution in [2.75, 3.05) is 6.54 Å². The Morgan fingerprint density at radius 1 is 1.10 bits per heavy atom. The molecule has 4 heteroatoms. The van der Waals surface area contributed by atoms with Crippen LogP contribution in [0.3, 0.4) is 0 Å². The lowest BCUT2D eigenvalue weighted by Crippen LogP contribution is -2.11. The third kappa shape index (κ3) is 3.35. The Morgan fingerprint density at radius 3 is 2.95 bits per heavy atom. The first kappa shape index (κ1) is 13.5. The van der Waals surface area contributed by atoms with Crippen molar-refractivity contribution in [3.8, 4) is 11.5 Å². The van der Waals surface area contributed by atoms with Crippen LogP contribution in [0.25, 0.3) is 10.9 Å². The lowest BCUT2D eigenvalue weighted by Gasteiger charge is -2.08. The van der Waals surface area contributed by atoms with Gasteiger partial charge in [0.15, 0.2) is 0 Å². The summed E-state index contributed by atoms with van der Waals surface area (Å²) in [7, 11) is 0. The van der Waals surface area contributed by atoms with Gasteiger partial charge in [-0.2, -0.15) is 0 Å². The summed E-state index contributed by atoms with van der Waals surface area (Å²) in [4.78, 5) is 8.55. The number of pyridine rings is 2. The van der Waals surface area contributed by atoms with E-state index >= 15 is 0 Å². The van der Waals surface area contributed by atoms with Crippen LogP contribution in [0, 0.1) is 0 Å². The van der Waals surface area contributed by atoms with Crippen molar-refractivity contribution in [1.29, 1.82) is 0 Å². The van der Waals surface area contributed by atoms with Crippen LogP contribution < -0.4 is 10.1 Å². The van der Waals surface area contributed by atoms with Gasteiger partial charge in [-0.15, -0.1) is 0 Å². The molecule has 106 valence electrons. The summed E-state index contributed by atoms with van der Waals surface area (Å²) in [6.45, 7) is 3.80. The lowest BCUT2D eigenvalue weighted by molar-refractivity contribution is 0.479. The van der Waals surface area contributed by atoms with E-state index in [9.17, 15) is 0 Å². The summed E-state index contributed by atoms with van der Waals surface area (Å²) in [5.41, 5.74) is 2.03. The molecule has 0 amide bonds. The van der Waals surface area contributed by atoms with Crippen molar-refractivity contribution >= 4 is 10.9 Å². The van der Waals surface area contributed by atoms with E-state index in [0.717, 1.165) is 41.1 Å². The summed E-state index contributed by atoms with van der Waals surface area (Å²) in [6, 6.07) is 11.8. The van der Waals surface area contributed by atoms with Crippen molar-refractivity contribution in [3.05, 3.63) is 60.6 Å². The molecular weight excluding hydrogens is 262 g/mol. The quantitative estimate of drug-likeness (QED) is 0.776. The molecule has 21 heavy (non-hydrogen) atoms. The summed E-state index contributed by atoms with van der Waals surface area (Å²) in [6.07, 6.45) is 5.35. The van der Waals surface area contributed by atoms with Gasteiger partial charge in [0.05, 0.1) is 11.7 Å².